The maximum atomic E-state index is 9.01. The van der Waals surface area contributed by atoms with Gasteiger partial charge in [0, 0.05) is 0 Å². The van der Waals surface area contributed by atoms with Crippen LogP contribution in [0.15, 0.2) is 30.2 Å². The van der Waals surface area contributed by atoms with Gasteiger partial charge in [-0.2, -0.15) is 0 Å². The molecule has 1 aromatic rings. The summed E-state index contributed by atoms with van der Waals surface area (Å²) in [5.74, 6) is 2.45. The van der Waals surface area contributed by atoms with Crippen LogP contribution in [0.5, 0.6) is 5.75 Å². The van der Waals surface area contributed by atoms with E-state index in [4.69, 9.17) is 5.11 Å². The molecule has 0 amide bonds. The first-order chi connectivity index (χ1) is 5.68. The third-order valence-corrected chi connectivity index (χ3v) is 1.57. The van der Waals surface area contributed by atoms with Gasteiger partial charge >= 0.3 is 0 Å². The summed E-state index contributed by atoms with van der Waals surface area (Å²) in [6.45, 7) is 4.84. The van der Waals surface area contributed by atoms with E-state index in [-0.39, 0.29) is 9.41 Å². The van der Waals surface area contributed by atoms with E-state index in [1.165, 1.54) is 0 Å². The van der Waals surface area contributed by atoms with Crippen molar-refractivity contribution in [1.29, 1.82) is 0 Å². The number of benzene rings is 1. The summed E-state index contributed by atoms with van der Waals surface area (Å²) in [6.07, 6.45) is 2.06. The summed E-state index contributed by atoms with van der Waals surface area (Å²) < 4.78 is 0. The first-order valence-electron chi connectivity index (χ1n) is 4.16. The minimum absolute atomic E-state index is 0. The van der Waals surface area contributed by atoms with Crippen LogP contribution in [-0.2, 0) is 0 Å². The Bertz CT molecular complexity index is 270. The molecule has 1 N–H and O–H groups in total. The number of halogens is 2. The second-order valence-electron chi connectivity index (χ2n) is 3.19. The second kappa shape index (κ2) is 7.12. The molecule has 0 aliphatic heterocycles. The molecule has 1 rings (SSSR count). The number of aromatic hydroxyl groups is 1. The highest BCUT2D eigenvalue weighted by atomic mass is 19.0. The lowest BCUT2D eigenvalue weighted by Gasteiger charge is -1.94. The molecule has 14 heavy (non-hydrogen) atoms. The Labute approximate surface area is 83.3 Å². The molecule has 1 nitrogen and oxygen atoms in total. The molecule has 0 atom stereocenters. The van der Waals surface area contributed by atoms with Crippen LogP contribution in [-0.4, -0.2) is 11.8 Å². The lowest BCUT2D eigenvalue weighted by atomic mass is 9.55. The van der Waals surface area contributed by atoms with Crippen LogP contribution >= 0.6 is 0 Å². The SMILES string of the molecule is CB(C)C=Cc1ccc(O)cc1.F.F. The van der Waals surface area contributed by atoms with Crippen molar-refractivity contribution < 1.29 is 14.5 Å². The molecule has 0 fully saturated rings. The zero-order chi connectivity index (χ0) is 8.97. The smallest absolute Gasteiger partial charge is 0.160 e. The standard InChI is InChI=1S/C10H13BO.2FH/c1-11(2)8-7-9-3-5-10(12)6-4-9;;/h3-8,12H,1-2H3;2*1H. The molecule has 0 aromatic heterocycles. The second-order valence-corrected chi connectivity index (χ2v) is 3.19. The molecule has 0 unspecified atom stereocenters. The van der Waals surface area contributed by atoms with Crippen LogP contribution in [0.2, 0.25) is 13.6 Å². The van der Waals surface area contributed by atoms with Crippen molar-refractivity contribution in [3.05, 3.63) is 35.8 Å². The minimum atomic E-state index is 0. The zero-order valence-corrected chi connectivity index (χ0v) is 8.31. The average Bonchev–Trinajstić information content (AvgIpc) is 2.03. The fourth-order valence-electron chi connectivity index (χ4n) is 0.889. The van der Waals surface area contributed by atoms with Gasteiger partial charge < -0.3 is 5.11 Å². The van der Waals surface area contributed by atoms with Crippen molar-refractivity contribution in [1.82, 2.24) is 0 Å². The van der Waals surface area contributed by atoms with Gasteiger partial charge in [-0.05, 0) is 17.7 Å². The molecule has 78 valence electrons. The summed E-state index contributed by atoms with van der Waals surface area (Å²) in [5, 5.41) is 9.01. The van der Waals surface area contributed by atoms with Crippen LogP contribution in [0.3, 0.4) is 0 Å². The van der Waals surface area contributed by atoms with E-state index in [9.17, 15) is 0 Å². The average molecular weight is 200 g/mol. The fraction of sp³-hybridized carbons (Fsp3) is 0.200. The molecule has 1 aromatic carbocycles. The van der Waals surface area contributed by atoms with E-state index < -0.39 is 0 Å². The summed E-state index contributed by atoms with van der Waals surface area (Å²) in [4.78, 5) is 0. The van der Waals surface area contributed by atoms with Crippen LogP contribution in [0.25, 0.3) is 6.08 Å². The van der Waals surface area contributed by atoms with Gasteiger partial charge in [0.05, 0.1) is 0 Å². The molecule has 0 aliphatic carbocycles. The van der Waals surface area contributed by atoms with E-state index in [1.807, 2.05) is 12.1 Å². The quantitative estimate of drug-likeness (QED) is 0.727. The maximum absolute atomic E-state index is 9.01. The lowest BCUT2D eigenvalue weighted by Crippen LogP contribution is -1.91. The van der Waals surface area contributed by atoms with E-state index in [2.05, 4.69) is 25.7 Å². The largest absolute Gasteiger partial charge is 0.508 e. The number of rotatable bonds is 2. The van der Waals surface area contributed by atoms with Crippen molar-refractivity contribution in [2.45, 2.75) is 13.6 Å². The third-order valence-electron chi connectivity index (χ3n) is 1.57. The first-order valence-corrected chi connectivity index (χ1v) is 4.16. The third kappa shape index (κ3) is 5.35. The highest BCUT2D eigenvalue weighted by Crippen LogP contribution is 2.10. The highest BCUT2D eigenvalue weighted by Gasteiger charge is 1.90. The van der Waals surface area contributed by atoms with Crippen molar-refractivity contribution in [3.8, 4) is 5.75 Å². The number of hydrogen-bond acceptors (Lipinski definition) is 1. The van der Waals surface area contributed by atoms with Crippen molar-refractivity contribution in [2.24, 2.45) is 0 Å². The lowest BCUT2D eigenvalue weighted by molar-refractivity contribution is 0.475. The summed E-state index contributed by atoms with van der Waals surface area (Å²) in [7, 11) is 0. The van der Waals surface area contributed by atoms with E-state index >= 15 is 0 Å². The Kier molecular flexibility index (Phi) is 7.72. The van der Waals surface area contributed by atoms with E-state index in [0.717, 1.165) is 5.56 Å². The van der Waals surface area contributed by atoms with Gasteiger partial charge in [-0.25, -0.2) is 0 Å². The van der Waals surface area contributed by atoms with Crippen LogP contribution in [0, 0.1) is 0 Å². The maximum Gasteiger partial charge on any atom is 0.160 e. The Morgan fingerprint density at radius 2 is 1.57 bits per heavy atom. The van der Waals surface area contributed by atoms with Gasteiger partial charge in [0.25, 0.3) is 0 Å². The van der Waals surface area contributed by atoms with Crippen molar-refractivity contribution in [3.63, 3.8) is 0 Å². The predicted molar refractivity (Wildman–Crippen MR) is 59.6 cm³/mol. The van der Waals surface area contributed by atoms with Gasteiger partial charge in [0.15, 0.2) is 6.71 Å². The molecule has 4 heteroatoms. The summed E-state index contributed by atoms with van der Waals surface area (Å²) in [5.41, 5.74) is 1.13. The van der Waals surface area contributed by atoms with Gasteiger partial charge in [0.1, 0.15) is 5.75 Å². The van der Waals surface area contributed by atoms with Crippen LogP contribution < -0.4 is 0 Å². The Morgan fingerprint density at radius 1 is 1.07 bits per heavy atom. The monoisotopic (exact) mass is 200 g/mol. The van der Waals surface area contributed by atoms with Gasteiger partial charge in [0.2, 0.25) is 0 Å². The highest BCUT2D eigenvalue weighted by molar-refractivity contribution is 6.62. The Hall–Kier alpha value is -1.32. The van der Waals surface area contributed by atoms with Gasteiger partial charge in [-0.15, -0.1) is 5.98 Å². The molecule has 0 radical (unpaired) electrons. The van der Waals surface area contributed by atoms with E-state index in [1.54, 1.807) is 12.1 Å². The van der Waals surface area contributed by atoms with E-state index in [0.29, 0.717) is 12.5 Å². The number of phenols is 1. The van der Waals surface area contributed by atoms with Gasteiger partial charge in [-0.1, -0.05) is 31.9 Å². The Balaban J connectivity index is 0. The summed E-state index contributed by atoms with van der Waals surface area (Å²) in [6, 6.07) is 7.18. The van der Waals surface area contributed by atoms with Gasteiger partial charge in [-0.3, -0.25) is 9.41 Å². The zero-order valence-electron chi connectivity index (χ0n) is 8.31. The van der Waals surface area contributed by atoms with Crippen molar-refractivity contribution >= 4 is 12.8 Å². The normalized spacial score (nSPS) is 9.00. The molecule has 0 bridgehead atoms. The molecule has 0 heterocycles. The minimum Gasteiger partial charge on any atom is -0.508 e. The topological polar surface area (TPSA) is 20.2 Å². The van der Waals surface area contributed by atoms with Crippen LogP contribution in [0.4, 0.5) is 9.41 Å². The molecule has 0 aliphatic rings. The predicted octanol–water partition coefficient (Wildman–Crippen LogP) is 3.00. The molecular weight excluding hydrogens is 185 g/mol. The van der Waals surface area contributed by atoms with Crippen molar-refractivity contribution in [2.75, 3.05) is 0 Å². The molecule has 0 saturated heterocycles. The molecular formula is C10H15BF2O. The first kappa shape index (κ1) is 15.2. The molecule has 0 saturated carbocycles. The fourth-order valence-corrected chi connectivity index (χ4v) is 0.889. The summed E-state index contributed by atoms with van der Waals surface area (Å²) >= 11 is 0. The van der Waals surface area contributed by atoms with Crippen LogP contribution in [0.1, 0.15) is 5.56 Å². The number of hydrogen-bond donors (Lipinski definition) is 1. The molecule has 0 spiro atoms. The Morgan fingerprint density at radius 3 is 2.00 bits per heavy atom. The number of phenolic OH excluding ortho intramolecular Hbond substituents is 1.